The molecule has 0 aliphatic rings. The average molecular weight is 330 g/mol. The van der Waals surface area contributed by atoms with E-state index in [1.807, 2.05) is 0 Å². The van der Waals surface area contributed by atoms with Crippen LogP contribution in [0, 0.1) is 6.92 Å². The molecule has 0 amide bonds. The summed E-state index contributed by atoms with van der Waals surface area (Å²) in [6.45, 7) is 1.76. The Morgan fingerprint density at radius 1 is 1.13 bits per heavy atom. The van der Waals surface area contributed by atoms with Crippen molar-refractivity contribution in [1.82, 2.24) is 9.97 Å². The van der Waals surface area contributed by atoms with Crippen molar-refractivity contribution in [3.63, 3.8) is 0 Å². The molecule has 0 radical (unpaired) electrons. The Morgan fingerprint density at radius 2 is 1.87 bits per heavy atom. The molecule has 7 nitrogen and oxygen atoms in total. The number of hydrogen-bond donors (Lipinski definition) is 2. The van der Waals surface area contributed by atoms with Crippen molar-refractivity contribution < 1.29 is 12.8 Å². The third kappa shape index (κ3) is 3.32. The van der Waals surface area contributed by atoms with Gasteiger partial charge in [0.15, 0.2) is 0 Å². The van der Waals surface area contributed by atoms with Crippen LogP contribution >= 0.6 is 0 Å². The molecule has 8 heteroatoms. The number of aromatic nitrogens is 2. The van der Waals surface area contributed by atoms with Crippen LogP contribution in [0.15, 0.2) is 58.2 Å². The third-order valence-corrected chi connectivity index (χ3v) is 4.43. The van der Waals surface area contributed by atoms with Gasteiger partial charge in [-0.1, -0.05) is 0 Å². The Kier molecular flexibility index (Phi) is 3.75. The van der Waals surface area contributed by atoms with Crippen LogP contribution in [0.5, 0.6) is 0 Å². The minimum atomic E-state index is -3.79. The molecule has 3 rings (SSSR count). The van der Waals surface area contributed by atoms with Crippen molar-refractivity contribution in [3.05, 3.63) is 54.6 Å². The fourth-order valence-corrected chi connectivity index (χ4v) is 2.94. The van der Waals surface area contributed by atoms with Crippen molar-refractivity contribution >= 4 is 21.7 Å². The molecule has 3 N–H and O–H groups in total. The standard InChI is InChI=1S/C15H14N4O3S/c1-10-8-14(11-6-7-22-9-11)18-15(17-10)19-23(20,21)13-4-2-12(16)3-5-13/h2-9H,16H2,1H3,(H,17,18,19). The molecule has 0 aliphatic carbocycles. The molecule has 118 valence electrons. The van der Waals surface area contributed by atoms with Gasteiger partial charge in [-0.3, -0.25) is 0 Å². The van der Waals surface area contributed by atoms with Crippen LogP contribution < -0.4 is 10.5 Å². The van der Waals surface area contributed by atoms with E-state index in [0.717, 1.165) is 5.56 Å². The minimum absolute atomic E-state index is 0.00183. The zero-order chi connectivity index (χ0) is 16.4. The summed E-state index contributed by atoms with van der Waals surface area (Å²) in [5, 5.41) is 0. The van der Waals surface area contributed by atoms with Crippen LogP contribution in [-0.2, 0) is 10.0 Å². The van der Waals surface area contributed by atoms with Crippen LogP contribution in [0.25, 0.3) is 11.3 Å². The molecule has 2 heterocycles. The summed E-state index contributed by atoms with van der Waals surface area (Å²) < 4.78 is 32.1. The lowest BCUT2D eigenvalue weighted by Crippen LogP contribution is -2.15. The molecule has 0 spiro atoms. The molecule has 0 unspecified atom stereocenters. The molecule has 3 aromatic rings. The van der Waals surface area contributed by atoms with Crippen molar-refractivity contribution in [2.24, 2.45) is 0 Å². The van der Waals surface area contributed by atoms with Crippen LogP contribution in [0.2, 0.25) is 0 Å². The molecule has 0 atom stereocenters. The summed E-state index contributed by atoms with van der Waals surface area (Å²) in [7, 11) is -3.79. The van der Waals surface area contributed by atoms with E-state index in [2.05, 4.69) is 14.7 Å². The van der Waals surface area contributed by atoms with Crippen LogP contribution in [-0.4, -0.2) is 18.4 Å². The largest absolute Gasteiger partial charge is 0.472 e. The van der Waals surface area contributed by atoms with E-state index in [0.29, 0.717) is 17.1 Å². The molecule has 23 heavy (non-hydrogen) atoms. The highest BCUT2D eigenvalue weighted by Gasteiger charge is 2.16. The lowest BCUT2D eigenvalue weighted by molar-refractivity contribution is 0.568. The summed E-state index contributed by atoms with van der Waals surface area (Å²) in [4.78, 5) is 8.42. The molecule has 1 aromatic carbocycles. The van der Waals surface area contributed by atoms with Crippen LogP contribution in [0.4, 0.5) is 11.6 Å². The smallest absolute Gasteiger partial charge is 0.264 e. The summed E-state index contributed by atoms with van der Waals surface area (Å²) in [5.74, 6) is -0.00183. The second-order valence-corrected chi connectivity index (χ2v) is 6.59. The molecule has 0 fully saturated rings. The van der Waals surface area contributed by atoms with Gasteiger partial charge in [-0.25, -0.2) is 23.1 Å². The van der Waals surface area contributed by atoms with Crippen molar-refractivity contribution in [3.8, 4) is 11.3 Å². The first-order chi connectivity index (χ1) is 10.9. The number of anilines is 2. The summed E-state index contributed by atoms with van der Waals surface area (Å²) >= 11 is 0. The number of rotatable bonds is 4. The topological polar surface area (TPSA) is 111 Å². The first kappa shape index (κ1) is 15.0. The molecular formula is C15H14N4O3S. The van der Waals surface area contributed by atoms with Gasteiger partial charge in [0, 0.05) is 16.9 Å². The van der Waals surface area contributed by atoms with Gasteiger partial charge >= 0.3 is 0 Å². The lowest BCUT2D eigenvalue weighted by atomic mass is 10.2. The second-order valence-electron chi connectivity index (χ2n) is 4.90. The lowest BCUT2D eigenvalue weighted by Gasteiger charge is -2.08. The predicted molar refractivity (Wildman–Crippen MR) is 86.1 cm³/mol. The first-order valence-corrected chi connectivity index (χ1v) is 8.19. The van der Waals surface area contributed by atoms with Gasteiger partial charge in [0.25, 0.3) is 10.0 Å². The quantitative estimate of drug-likeness (QED) is 0.711. The number of sulfonamides is 1. The molecule has 2 aromatic heterocycles. The maximum absolute atomic E-state index is 12.4. The summed E-state index contributed by atoms with van der Waals surface area (Å²) in [6, 6.07) is 9.35. The number of benzene rings is 1. The van der Waals surface area contributed by atoms with E-state index >= 15 is 0 Å². The van der Waals surface area contributed by atoms with Crippen molar-refractivity contribution in [2.45, 2.75) is 11.8 Å². The average Bonchev–Trinajstić information content (AvgIpc) is 3.00. The Bertz CT molecular complexity index is 920. The zero-order valence-electron chi connectivity index (χ0n) is 12.2. The van der Waals surface area contributed by atoms with E-state index in [-0.39, 0.29) is 10.8 Å². The number of aryl methyl sites for hydroxylation is 1. The second kappa shape index (κ2) is 5.73. The van der Waals surface area contributed by atoms with E-state index in [4.69, 9.17) is 10.2 Å². The molecule has 0 bridgehead atoms. The summed E-state index contributed by atoms with van der Waals surface area (Å²) in [6.07, 6.45) is 3.05. The molecule has 0 saturated carbocycles. The Morgan fingerprint density at radius 3 is 2.52 bits per heavy atom. The van der Waals surface area contributed by atoms with Crippen molar-refractivity contribution in [1.29, 1.82) is 0 Å². The molecule has 0 saturated heterocycles. The summed E-state index contributed by atoms with van der Waals surface area (Å²) in [5.41, 5.74) is 7.99. The molecule has 0 aliphatic heterocycles. The van der Waals surface area contributed by atoms with E-state index in [1.54, 1.807) is 19.1 Å². The SMILES string of the molecule is Cc1cc(-c2ccoc2)nc(NS(=O)(=O)c2ccc(N)cc2)n1. The van der Waals surface area contributed by atoms with E-state index < -0.39 is 10.0 Å². The first-order valence-electron chi connectivity index (χ1n) is 6.71. The van der Waals surface area contributed by atoms with Crippen LogP contribution in [0.1, 0.15) is 5.69 Å². The number of nitrogens with two attached hydrogens (primary N) is 1. The van der Waals surface area contributed by atoms with Crippen LogP contribution in [0.3, 0.4) is 0 Å². The normalized spacial score (nSPS) is 11.3. The number of nitrogens with zero attached hydrogens (tertiary/aromatic N) is 2. The minimum Gasteiger partial charge on any atom is -0.472 e. The predicted octanol–water partition coefficient (Wildman–Crippen LogP) is 2.43. The third-order valence-electron chi connectivity index (χ3n) is 3.09. The highest BCUT2D eigenvalue weighted by molar-refractivity contribution is 7.92. The fraction of sp³-hybridized carbons (Fsp3) is 0.0667. The Balaban J connectivity index is 1.95. The zero-order valence-corrected chi connectivity index (χ0v) is 13.0. The van der Waals surface area contributed by atoms with Gasteiger partial charge < -0.3 is 10.2 Å². The number of nitrogen functional groups attached to an aromatic ring is 1. The maximum Gasteiger partial charge on any atom is 0.264 e. The monoisotopic (exact) mass is 330 g/mol. The Labute approximate surface area is 133 Å². The van der Waals surface area contributed by atoms with Gasteiger partial charge in [0.05, 0.1) is 23.1 Å². The van der Waals surface area contributed by atoms with Gasteiger partial charge in [-0.05, 0) is 43.3 Å². The van der Waals surface area contributed by atoms with Gasteiger partial charge in [0.1, 0.15) is 0 Å². The van der Waals surface area contributed by atoms with Gasteiger partial charge in [-0.15, -0.1) is 0 Å². The van der Waals surface area contributed by atoms with Crippen molar-refractivity contribution in [2.75, 3.05) is 10.5 Å². The van der Waals surface area contributed by atoms with E-state index in [9.17, 15) is 8.42 Å². The maximum atomic E-state index is 12.4. The molecular weight excluding hydrogens is 316 g/mol. The van der Waals surface area contributed by atoms with E-state index in [1.165, 1.54) is 36.8 Å². The highest BCUT2D eigenvalue weighted by Crippen LogP contribution is 2.21. The number of furan rings is 1. The van der Waals surface area contributed by atoms with Gasteiger partial charge in [0.2, 0.25) is 5.95 Å². The number of hydrogen-bond acceptors (Lipinski definition) is 6. The van der Waals surface area contributed by atoms with Gasteiger partial charge in [-0.2, -0.15) is 0 Å². The number of nitrogens with one attached hydrogen (secondary N) is 1. The fourth-order valence-electron chi connectivity index (χ4n) is 2.00. The highest BCUT2D eigenvalue weighted by atomic mass is 32.2. The Hall–Kier alpha value is -2.87.